The van der Waals surface area contributed by atoms with Gasteiger partial charge in [-0.05, 0) is 25.1 Å². The van der Waals surface area contributed by atoms with Gasteiger partial charge in [-0.2, -0.15) is 11.8 Å². The fraction of sp³-hybridized carbons (Fsp3) is 0.385. The van der Waals surface area contributed by atoms with Crippen LogP contribution in [0.1, 0.15) is 21.5 Å². The number of carboxylic acid groups (broad SMARTS) is 1. The molecular weight excluding hydrogens is 282 g/mol. The van der Waals surface area contributed by atoms with E-state index in [1.807, 2.05) is 16.7 Å². The van der Waals surface area contributed by atoms with Gasteiger partial charge in [0, 0.05) is 35.0 Å². The van der Waals surface area contributed by atoms with E-state index in [2.05, 4.69) is 6.92 Å². The van der Waals surface area contributed by atoms with Gasteiger partial charge >= 0.3 is 5.97 Å². The number of carboxylic acids is 1. The van der Waals surface area contributed by atoms with Gasteiger partial charge in [0.05, 0.1) is 4.88 Å². The van der Waals surface area contributed by atoms with Crippen molar-refractivity contribution in [3.8, 4) is 0 Å². The third-order valence-corrected chi connectivity index (χ3v) is 5.08. The number of carbonyl (C=O) groups is 2. The van der Waals surface area contributed by atoms with Crippen LogP contribution in [0.25, 0.3) is 6.08 Å². The second-order valence-corrected chi connectivity index (χ2v) is 6.56. The summed E-state index contributed by atoms with van der Waals surface area (Å²) < 4.78 is 0. The standard InChI is InChI=1S/C13H15NO3S2/c1-9-8-18-7-6-14(9)13(17)11-4-2-10(19-11)3-5-12(15)16/h2-5,9H,6-8H2,1H3,(H,15,16). The Kier molecular flexibility index (Phi) is 4.66. The number of nitrogens with zero attached hydrogens (tertiary/aromatic N) is 1. The first-order valence-electron chi connectivity index (χ1n) is 5.97. The van der Waals surface area contributed by atoms with E-state index in [4.69, 9.17) is 5.11 Å². The number of hydrogen-bond acceptors (Lipinski definition) is 4. The van der Waals surface area contributed by atoms with Gasteiger partial charge in [-0.15, -0.1) is 11.3 Å². The molecule has 6 heteroatoms. The summed E-state index contributed by atoms with van der Waals surface area (Å²) in [7, 11) is 0. The van der Waals surface area contributed by atoms with E-state index in [-0.39, 0.29) is 11.9 Å². The lowest BCUT2D eigenvalue weighted by molar-refractivity contribution is -0.131. The molecule has 19 heavy (non-hydrogen) atoms. The minimum Gasteiger partial charge on any atom is -0.478 e. The molecule has 1 unspecified atom stereocenters. The van der Waals surface area contributed by atoms with Crippen LogP contribution in [0.5, 0.6) is 0 Å². The van der Waals surface area contributed by atoms with Crippen molar-refractivity contribution in [2.45, 2.75) is 13.0 Å². The van der Waals surface area contributed by atoms with Crippen molar-refractivity contribution in [1.82, 2.24) is 4.90 Å². The fourth-order valence-electron chi connectivity index (χ4n) is 1.88. The van der Waals surface area contributed by atoms with Crippen LogP contribution >= 0.6 is 23.1 Å². The molecule has 1 fully saturated rings. The van der Waals surface area contributed by atoms with Crippen LogP contribution in [0.4, 0.5) is 0 Å². The predicted molar refractivity (Wildman–Crippen MR) is 78.8 cm³/mol. The molecule has 0 aromatic carbocycles. The van der Waals surface area contributed by atoms with Gasteiger partial charge < -0.3 is 10.0 Å². The Morgan fingerprint density at radius 1 is 1.47 bits per heavy atom. The van der Waals surface area contributed by atoms with E-state index in [1.54, 1.807) is 12.1 Å². The molecule has 1 aromatic heterocycles. The lowest BCUT2D eigenvalue weighted by Crippen LogP contribution is -2.44. The molecule has 2 rings (SSSR count). The largest absolute Gasteiger partial charge is 0.478 e. The summed E-state index contributed by atoms with van der Waals surface area (Å²) in [5, 5.41) is 8.57. The topological polar surface area (TPSA) is 57.6 Å². The highest BCUT2D eigenvalue weighted by molar-refractivity contribution is 7.99. The van der Waals surface area contributed by atoms with Gasteiger partial charge in [0.15, 0.2) is 0 Å². The molecule has 0 saturated carbocycles. The number of amides is 1. The third kappa shape index (κ3) is 3.61. The Bertz CT molecular complexity index is 510. The smallest absolute Gasteiger partial charge is 0.328 e. The van der Waals surface area contributed by atoms with Crippen LogP contribution in [-0.2, 0) is 4.79 Å². The van der Waals surface area contributed by atoms with E-state index >= 15 is 0 Å². The predicted octanol–water partition coefficient (Wildman–Crippen LogP) is 2.42. The Morgan fingerprint density at radius 2 is 2.26 bits per heavy atom. The summed E-state index contributed by atoms with van der Waals surface area (Å²) in [6, 6.07) is 3.80. The number of thiophene rings is 1. The van der Waals surface area contributed by atoms with Crippen molar-refractivity contribution in [3.05, 3.63) is 28.0 Å². The van der Waals surface area contributed by atoms with E-state index in [9.17, 15) is 9.59 Å². The van der Waals surface area contributed by atoms with Crippen molar-refractivity contribution in [2.24, 2.45) is 0 Å². The van der Waals surface area contributed by atoms with Crippen LogP contribution < -0.4 is 0 Å². The Balaban J connectivity index is 2.09. The van der Waals surface area contributed by atoms with Crippen molar-refractivity contribution < 1.29 is 14.7 Å². The van der Waals surface area contributed by atoms with Crippen molar-refractivity contribution in [1.29, 1.82) is 0 Å². The van der Waals surface area contributed by atoms with Gasteiger partial charge in [0.2, 0.25) is 0 Å². The Morgan fingerprint density at radius 3 is 2.95 bits per heavy atom. The maximum absolute atomic E-state index is 12.3. The number of carbonyl (C=O) groups excluding carboxylic acids is 1. The van der Waals surface area contributed by atoms with E-state index < -0.39 is 5.97 Å². The summed E-state index contributed by atoms with van der Waals surface area (Å²) in [5.41, 5.74) is 0. The van der Waals surface area contributed by atoms with Crippen LogP contribution in [0.2, 0.25) is 0 Å². The van der Waals surface area contributed by atoms with Crippen LogP contribution in [0, 0.1) is 0 Å². The maximum Gasteiger partial charge on any atom is 0.328 e. The van der Waals surface area contributed by atoms with Gasteiger partial charge in [-0.25, -0.2) is 4.79 Å². The molecule has 1 aromatic rings. The molecule has 1 amide bonds. The molecular formula is C13H15NO3S2. The van der Waals surface area contributed by atoms with Crippen LogP contribution in [0.3, 0.4) is 0 Å². The molecule has 0 radical (unpaired) electrons. The normalized spacial score (nSPS) is 19.8. The molecule has 0 bridgehead atoms. The SMILES string of the molecule is CC1CSCCN1C(=O)c1ccc(C=CC(=O)O)s1. The zero-order chi connectivity index (χ0) is 13.8. The van der Waals surface area contributed by atoms with Crippen molar-refractivity contribution in [3.63, 3.8) is 0 Å². The molecule has 2 heterocycles. The van der Waals surface area contributed by atoms with E-state index in [1.165, 1.54) is 17.4 Å². The molecule has 1 atom stereocenters. The zero-order valence-electron chi connectivity index (χ0n) is 10.5. The number of aliphatic carboxylic acids is 1. The summed E-state index contributed by atoms with van der Waals surface area (Å²) in [4.78, 5) is 26.1. The summed E-state index contributed by atoms with van der Waals surface area (Å²) in [6.45, 7) is 2.84. The zero-order valence-corrected chi connectivity index (χ0v) is 12.2. The Hall–Kier alpha value is -1.27. The Labute approximate surface area is 120 Å². The number of hydrogen-bond donors (Lipinski definition) is 1. The second-order valence-electron chi connectivity index (χ2n) is 4.30. The molecule has 0 spiro atoms. The second kappa shape index (κ2) is 6.25. The minimum absolute atomic E-state index is 0.0489. The maximum atomic E-state index is 12.3. The fourth-order valence-corrected chi connectivity index (χ4v) is 3.76. The van der Waals surface area contributed by atoms with Gasteiger partial charge in [0.1, 0.15) is 0 Å². The lowest BCUT2D eigenvalue weighted by Gasteiger charge is -2.32. The van der Waals surface area contributed by atoms with Gasteiger partial charge in [0.25, 0.3) is 5.91 Å². The summed E-state index contributed by atoms with van der Waals surface area (Å²) in [6.07, 6.45) is 2.60. The van der Waals surface area contributed by atoms with Gasteiger partial charge in [-0.1, -0.05) is 0 Å². The summed E-state index contributed by atoms with van der Waals surface area (Å²) >= 11 is 3.20. The monoisotopic (exact) mass is 297 g/mol. The van der Waals surface area contributed by atoms with E-state index in [0.29, 0.717) is 4.88 Å². The minimum atomic E-state index is -0.983. The molecule has 1 aliphatic rings. The first-order chi connectivity index (χ1) is 9.08. The average Bonchev–Trinajstić information content (AvgIpc) is 2.85. The first-order valence-corrected chi connectivity index (χ1v) is 7.94. The highest BCUT2D eigenvalue weighted by Gasteiger charge is 2.25. The van der Waals surface area contributed by atoms with Crippen LogP contribution in [-0.4, -0.2) is 46.0 Å². The third-order valence-electron chi connectivity index (χ3n) is 2.86. The number of thioether (sulfide) groups is 1. The quantitative estimate of drug-likeness (QED) is 0.871. The lowest BCUT2D eigenvalue weighted by atomic mass is 10.3. The first kappa shape index (κ1) is 14.1. The summed E-state index contributed by atoms with van der Waals surface area (Å²) in [5.74, 6) is 1.02. The number of rotatable bonds is 3. The highest BCUT2D eigenvalue weighted by atomic mass is 32.2. The highest BCUT2D eigenvalue weighted by Crippen LogP contribution is 2.23. The van der Waals surface area contributed by atoms with E-state index in [0.717, 1.165) is 29.0 Å². The molecule has 4 nitrogen and oxygen atoms in total. The van der Waals surface area contributed by atoms with Crippen LogP contribution in [0.15, 0.2) is 18.2 Å². The van der Waals surface area contributed by atoms with Crippen molar-refractivity contribution >= 4 is 41.1 Å². The molecule has 1 N–H and O–H groups in total. The molecule has 0 aliphatic carbocycles. The van der Waals surface area contributed by atoms with Gasteiger partial charge in [-0.3, -0.25) is 4.79 Å². The molecule has 1 saturated heterocycles. The molecule has 1 aliphatic heterocycles. The molecule has 102 valence electrons. The van der Waals surface area contributed by atoms with Crippen molar-refractivity contribution in [2.75, 3.05) is 18.1 Å². The average molecular weight is 297 g/mol.